The van der Waals surface area contributed by atoms with E-state index in [1.54, 1.807) is 0 Å². The number of carbonyl (C=O) groups excluding carboxylic acids is 1. The van der Waals surface area contributed by atoms with Crippen LogP contribution in [0.2, 0.25) is 18.1 Å². The molecule has 0 radical (unpaired) electrons. The van der Waals surface area contributed by atoms with E-state index in [-0.39, 0.29) is 16.9 Å². The summed E-state index contributed by atoms with van der Waals surface area (Å²) in [5.74, 6) is -0.293. The van der Waals surface area contributed by atoms with Crippen molar-refractivity contribution in [3.8, 4) is 0 Å². The van der Waals surface area contributed by atoms with Crippen molar-refractivity contribution < 1.29 is 14.0 Å². The van der Waals surface area contributed by atoms with Crippen molar-refractivity contribution in [1.82, 2.24) is 0 Å². The molecule has 0 aliphatic heterocycles. The van der Waals surface area contributed by atoms with E-state index in [0.29, 0.717) is 0 Å². The average Bonchev–Trinajstić information content (AvgIpc) is 2.36. The second-order valence-corrected chi connectivity index (χ2v) is 12.5. The first kappa shape index (κ1) is 18.4. The molecule has 1 aliphatic carbocycles. The van der Waals surface area contributed by atoms with Crippen molar-refractivity contribution >= 4 is 14.3 Å². The molecule has 0 unspecified atom stereocenters. The van der Waals surface area contributed by atoms with Gasteiger partial charge >= 0.3 is 5.97 Å². The van der Waals surface area contributed by atoms with Crippen LogP contribution in [0.15, 0.2) is 12.7 Å². The Morgan fingerprint density at radius 1 is 1.38 bits per heavy atom. The summed E-state index contributed by atoms with van der Waals surface area (Å²) in [5, 5.41) is 0.124. The molecule has 0 aromatic rings. The smallest absolute Gasteiger partial charge is 0.311 e. The lowest BCUT2D eigenvalue weighted by Crippen LogP contribution is -2.56. The maximum atomic E-state index is 12.3. The third-order valence-corrected chi connectivity index (χ3v) is 9.75. The fourth-order valence-electron chi connectivity index (χ4n) is 3.00. The Morgan fingerprint density at radius 2 is 2.00 bits per heavy atom. The van der Waals surface area contributed by atoms with E-state index in [9.17, 15) is 4.79 Å². The summed E-state index contributed by atoms with van der Waals surface area (Å²) in [6.45, 7) is 15.1. The molecule has 0 aromatic heterocycles. The maximum absolute atomic E-state index is 12.3. The average molecular weight is 313 g/mol. The van der Waals surface area contributed by atoms with Crippen LogP contribution in [0.5, 0.6) is 0 Å². The Bertz CT molecular complexity index is 384. The Hall–Kier alpha value is -0.613. The Labute approximate surface area is 131 Å². The molecule has 0 amide bonds. The lowest BCUT2D eigenvalue weighted by atomic mass is 9.73. The molecule has 21 heavy (non-hydrogen) atoms. The minimum Gasteiger partial charge on any atom is -0.469 e. The van der Waals surface area contributed by atoms with E-state index in [1.807, 2.05) is 6.08 Å². The summed E-state index contributed by atoms with van der Waals surface area (Å²) in [5.41, 5.74) is -0.421. The van der Waals surface area contributed by atoms with Gasteiger partial charge in [-0.1, -0.05) is 39.7 Å². The van der Waals surface area contributed by atoms with Gasteiger partial charge in [-0.15, -0.1) is 6.58 Å². The van der Waals surface area contributed by atoms with Gasteiger partial charge in [0.25, 0.3) is 0 Å². The molecule has 0 bridgehead atoms. The van der Waals surface area contributed by atoms with Crippen molar-refractivity contribution in [2.75, 3.05) is 7.11 Å². The molecule has 1 saturated carbocycles. The fourth-order valence-corrected chi connectivity index (χ4v) is 4.65. The fraction of sp³-hybridized carbons (Fsp3) is 0.824. The predicted molar refractivity (Wildman–Crippen MR) is 89.8 cm³/mol. The summed E-state index contributed by atoms with van der Waals surface area (Å²) in [6, 6.07) is 0. The van der Waals surface area contributed by atoms with Crippen molar-refractivity contribution in [1.29, 1.82) is 0 Å². The molecule has 122 valence electrons. The van der Waals surface area contributed by atoms with E-state index in [1.165, 1.54) is 7.11 Å². The van der Waals surface area contributed by atoms with Crippen LogP contribution >= 0.6 is 0 Å². The predicted octanol–water partition coefficient (Wildman–Crippen LogP) is 4.69. The summed E-state index contributed by atoms with van der Waals surface area (Å²) in [4.78, 5) is 12.3. The van der Waals surface area contributed by atoms with Crippen molar-refractivity contribution in [2.24, 2.45) is 5.92 Å². The van der Waals surface area contributed by atoms with Crippen LogP contribution < -0.4 is 0 Å². The van der Waals surface area contributed by atoms with Gasteiger partial charge in [0.15, 0.2) is 8.32 Å². The molecule has 1 aliphatic rings. The van der Waals surface area contributed by atoms with Gasteiger partial charge < -0.3 is 9.16 Å². The van der Waals surface area contributed by atoms with Crippen LogP contribution in [-0.4, -0.2) is 27.0 Å². The summed E-state index contributed by atoms with van der Waals surface area (Å²) >= 11 is 0. The van der Waals surface area contributed by atoms with Crippen molar-refractivity contribution in [3.05, 3.63) is 12.7 Å². The number of hydrogen-bond acceptors (Lipinski definition) is 3. The third kappa shape index (κ3) is 3.98. The highest BCUT2D eigenvalue weighted by Gasteiger charge is 2.51. The zero-order valence-electron chi connectivity index (χ0n) is 14.6. The quantitative estimate of drug-likeness (QED) is 0.420. The van der Waals surface area contributed by atoms with E-state index >= 15 is 0 Å². The summed E-state index contributed by atoms with van der Waals surface area (Å²) in [6.07, 6.45) is 6.57. The van der Waals surface area contributed by atoms with Gasteiger partial charge in [0, 0.05) is 0 Å². The van der Waals surface area contributed by atoms with Gasteiger partial charge in [0.05, 0.1) is 18.6 Å². The molecule has 0 aromatic carbocycles. The first-order chi connectivity index (χ1) is 9.59. The highest BCUT2D eigenvalue weighted by molar-refractivity contribution is 6.74. The van der Waals surface area contributed by atoms with Crippen molar-refractivity contribution in [2.45, 2.75) is 76.6 Å². The van der Waals surface area contributed by atoms with Gasteiger partial charge in [-0.05, 0) is 37.4 Å². The lowest BCUT2D eigenvalue weighted by Gasteiger charge is -2.50. The number of hydrogen-bond donors (Lipinski definition) is 0. The minimum atomic E-state index is -1.96. The molecule has 2 atom stereocenters. The standard InChI is InChI=1S/C17H32O3Si/c1-8-12-17(20-21(6,7)16(2,3)4)13-10-9-11-14(17)15(18)19-5/h8,14H,1,9-13H2,2-7H3/t14-,17+/m0/s1. The highest BCUT2D eigenvalue weighted by Crippen LogP contribution is 2.47. The zero-order valence-corrected chi connectivity index (χ0v) is 15.6. The molecule has 0 saturated heterocycles. The molecular formula is C17H32O3Si. The van der Waals surface area contributed by atoms with Gasteiger partial charge in [0.1, 0.15) is 0 Å². The van der Waals surface area contributed by atoms with Crippen LogP contribution in [0.1, 0.15) is 52.9 Å². The highest BCUT2D eigenvalue weighted by atomic mass is 28.4. The van der Waals surface area contributed by atoms with E-state index in [2.05, 4.69) is 40.4 Å². The lowest BCUT2D eigenvalue weighted by molar-refractivity contribution is -0.157. The van der Waals surface area contributed by atoms with Crippen LogP contribution in [0.3, 0.4) is 0 Å². The largest absolute Gasteiger partial charge is 0.469 e. The number of esters is 1. The van der Waals surface area contributed by atoms with Gasteiger partial charge in [0.2, 0.25) is 0 Å². The molecule has 3 nitrogen and oxygen atoms in total. The van der Waals surface area contributed by atoms with Crippen LogP contribution in [0.25, 0.3) is 0 Å². The number of ether oxygens (including phenoxy) is 1. The van der Waals surface area contributed by atoms with E-state index in [0.717, 1.165) is 32.1 Å². The third-order valence-electron chi connectivity index (χ3n) is 5.22. The summed E-state index contributed by atoms with van der Waals surface area (Å²) in [7, 11) is -0.484. The SMILES string of the molecule is C=CC[C@@]1(O[Si](C)(C)C(C)(C)C)CCCC[C@H]1C(=O)OC. The minimum absolute atomic E-state index is 0.124. The first-order valence-corrected chi connectivity index (χ1v) is 10.9. The van der Waals surface area contributed by atoms with E-state index < -0.39 is 13.9 Å². The molecule has 1 fully saturated rings. The Morgan fingerprint density at radius 3 is 2.48 bits per heavy atom. The first-order valence-electron chi connectivity index (χ1n) is 7.98. The number of methoxy groups -OCH3 is 1. The van der Waals surface area contributed by atoms with Gasteiger partial charge in [-0.25, -0.2) is 0 Å². The second kappa shape index (κ2) is 6.65. The molecule has 0 N–H and O–H groups in total. The van der Waals surface area contributed by atoms with Crippen LogP contribution in [0.4, 0.5) is 0 Å². The normalized spacial score (nSPS) is 27.2. The Kier molecular flexibility index (Phi) is 5.84. The molecule has 0 spiro atoms. The van der Waals surface area contributed by atoms with Gasteiger partial charge in [-0.2, -0.15) is 0 Å². The topological polar surface area (TPSA) is 35.5 Å². The van der Waals surface area contributed by atoms with Crippen LogP contribution in [0, 0.1) is 5.92 Å². The summed E-state index contributed by atoms with van der Waals surface area (Å²) < 4.78 is 11.8. The molecule has 1 rings (SSSR count). The number of rotatable bonds is 5. The zero-order chi connectivity index (χ0) is 16.3. The van der Waals surface area contributed by atoms with Crippen LogP contribution in [-0.2, 0) is 14.0 Å². The Balaban J connectivity index is 3.15. The van der Waals surface area contributed by atoms with E-state index in [4.69, 9.17) is 9.16 Å². The number of carbonyl (C=O) groups is 1. The van der Waals surface area contributed by atoms with Gasteiger partial charge in [-0.3, -0.25) is 4.79 Å². The monoisotopic (exact) mass is 312 g/mol. The second-order valence-electron chi connectivity index (χ2n) is 7.74. The molecular weight excluding hydrogens is 280 g/mol. The molecule has 4 heteroatoms. The van der Waals surface area contributed by atoms with Crippen molar-refractivity contribution in [3.63, 3.8) is 0 Å². The maximum Gasteiger partial charge on any atom is 0.311 e. The molecule has 0 heterocycles.